The van der Waals surface area contributed by atoms with Crippen molar-refractivity contribution < 1.29 is 23.9 Å². The molecule has 0 aliphatic heterocycles. The number of benzene rings is 2. The van der Waals surface area contributed by atoms with E-state index in [2.05, 4.69) is 5.32 Å². The molecular weight excluding hydrogens is 362 g/mol. The van der Waals surface area contributed by atoms with E-state index in [4.69, 9.17) is 15.2 Å². The number of hydrogen-bond donors (Lipinski definition) is 2. The lowest BCUT2D eigenvalue weighted by molar-refractivity contribution is -0.136. The largest absolute Gasteiger partial charge is 0.482 e. The summed E-state index contributed by atoms with van der Waals surface area (Å²) in [6.45, 7) is 3.46. The lowest BCUT2D eigenvalue weighted by Crippen LogP contribution is -2.40. The van der Waals surface area contributed by atoms with Crippen LogP contribution in [0.4, 0.5) is 10.5 Å². The smallest absolute Gasteiger partial charge is 0.349 e. The molecule has 0 atom stereocenters. The van der Waals surface area contributed by atoms with Gasteiger partial charge in [0.25, 0.3) is 0 Å². The summed E-state index contributed by atoms with van der Waals surface area (Å²) in [6, 6.07) is 12.4. The van der Waals surface area contributed by atoms with Gasteiger partial charge < -0.3 is 20.5 Å². The van der Waals surface area contributed by atoms with Gasteiger partial charge >= 0.3 is 12.0 Å². The molecule has 0 spiro atoms. The van der Waals surface area contributed by atoms with Gasteiger partial charge in [-0.25, -0.2) is 9.59 Å². The second kappa shape index (κ2) is 9.40. The van der Waals surface area contributed by atoms with Crippen LogP contribution in [0.1, 0.15) is 24.2 Å². The Morgan fingerprint density at radius 2 is 1.57 bits per heavy atom. The van der Waals surface area contributed by atoms with Crippen molar-refractivity contribution in [2.45, 2.75) is 19.9 Å². The van der Waals surface area contributed by atoms with Crippen LogP contribution in [-0.2, 0) is 4.79 Å². The third-order valence-corrected chi connectivity index (χ3v) is 3.67. The topological polar surface area (TPSA) is 111 Å². The summed E-state index contributed by atoms with van der Waals surface area (Å²) in [6.07, 6.45) is 0. The molecule has 3 N–H and O–H groups in total. The highest BCUT2D eigenvalue weighted by Crippen LogP contribution is 2.19. The molecule has 0 aliphatic rings. The average Bonchev–Trinajstić information content (AvgIpc) is 2.66. The second-order valence-corrected chi connectivity index (χ2v) is 6.31. The first kappa shape index (κ1) is 20.8. The fourth-order valence-electron chi connectivity index (χ4n) is 2.22. The minimum atomic E-state index is -0.586. The van der Waals surface area contributed by atoms with Crippen LogP contribution in [0.15, 0.2) is 48.5 Å². The molecular formula is C20H23N3O5. The normalized spacial score (nSPS) is 10.3. The van der Waals surface area contributed by atoms with Gasteiger partial charge in [-0.1, -0.05) is 0 Å². The molecule has 0 bridgehead atoms. The molecule has 0 unspecified atom stereocenters. The fourth-order valence-corrected chi connectivity index (χ4v) is 2.22. The second-order valence-electron chi connectivity index (χ2n) is 6.31. The summed E-state index contributed by atoms with van der Waals surface area (Å²) in [4.78, 5) is 36.4. The van der Waals surface area contributed by atoms with E-state index in [0.29, 0.717) is 22.7 Å². The van der Waals surface area contributed by atoms with Crippen LogP contribution >= 0.6 is 0 Å². The quantitative estimate of drug-likeness (QED) is 0.561. The monoisotopic (exact) mass is 385 g/mol. The van der Waals surface area contributed by atoms with Gasteiger partial charge in [0.2, 0.25) is 5.91 Å². The highest BCUT2D eigenvalue weighted by atomic mass is 16.6. The molecule has 0 aliphatic carbocycles. The van der Waals surface area contributed by atoms with Gasteiger partial charge in [-0.15, -0.1) is 0 Å². The Morgan fingerprint density at radius 1 is 1.00 bits per heavy atom. The minimum absolute atomic E-state index is 0.0298. The van der Waals surface area contributed by atoms with Crippen molar-refractivity contribution in [2.75, 3.05) is 18.6 Å². The molecule has 2 aromatic rings. The number of nitrogens with two attached hydrogens (primary N) is 1. The van der Waals surface area contributed by atoms with Crippen molar-refractivity contribution in [3.63, 3.8) is 0 Å². The predicted octanol–water partition coefficient (Wildman–Crippen LogP) is 2.32. The molecule has 3 amide bonds. The van der Waals surface area contributed by atoms with Crippen LogP contribution in [0.3, 0.4) is 0 Å². The van der Waals surface area contributed by atoms with Crippen molar-refractivity contribution in [1.82, 2.24) is 5.32 Å². The van der Waals surface area contributed by atoms with Crippen LogP contribution < -0.4 is 25.4 Å². The van der Waals surface area contributed by atoms with Gasteiger partial charge in [-0.05, 0) is 62.4 Å². The van der Waals surface area contributed by atoms with E-state index in [-0.39, 0.29) is 18.7 Å². The Labute approximate surface area is 163 Å². The lowest BCUT2D eigenvalue weighted by atomic mass is 10.2. The molecule has 28 heavy (non-hydrogen) atoms. The third-order valence-electron chi connectivity index (χ3n) is 3.67. The number of carbonyl (C=O) groups excluding carboxylic acids is 3. The van der Waals surface area contributed by atoms with E-state index >= 15 is 0 Å². The van der Waals surface area contributed by atoms with Crippen molar-refractivity contribution >= 4 is 23.6 Å². The third kappa shape index (κ3) is 6.01. The molecule has 0 aromatic heterocycles. The van der Waals surface area contributed by atoms with Crippen LogP contribution in [0.25, 0.3) is 0 Å². The molecule has 2 rings (SSSR count). The number of hydrogen-bond acceptors (Lipinski definition) is 5. The van der Waals surface area contributed by atoms with Crippen molar-refractivity contribution in [3.8, 4) is 11.5 Å². The zero-order valence-electron chi connectivity index (χ0n) is 16.0. The predicted molar refractivity (Wildman–Crippen MR) is 105 cm³/mol. The number of ether oxygens (including phenoxy) is 2. The van der Waals surface area contributed by atoms with Gasteiger partial charge in [-0.3, -0.25) is 9.69 Å². The molecule has 8 heteroatoms. The summed E-state index contributed by atoms with van der Waals surface area (Å²) in [5.74, 6) is -0.381. The van der Waals surface area contributed by atoms with Gasteiger partial charge in [0.05, 0.1) is 0 Å². The number of anilines is 1. The number of carbonyl (C=O) groups is 3. The number of urea groups is 1. The molecule has 2 aromatic carbocycles. The zero-order valence-corrected chi connectivity index (χ0v) is 16.0. The summed E-state index contributed by atoms with van der Waals surface area (Å²) in [7, 11) is 1.65. The molecule has 0 saturated carbocycles. The Hall–Kier alpha value is -3.55. The maximum absolute atomic E-state index is 12.0. The van der Waals surface area contributed by atoms with E-state index in [1.165, 1.54) is 17.0 Å². The van der Waals surface area contributed by atoms with Crippen molar-refractivity contribution in [2.24, 2.45) is 5.73 Å². The molecule has 0 saturated heterocycles. The van der Waals surface area contributed by atoms with Crippen LogP contribution in [0, 0.1) is 0 Å². The maximum atomic E-state index is 12.0. The van der Waals surface area contributed by atoms with Gasteiger partial charge in [0.15, 0.2) is 6.61 Å². The summed E-state index contributed by atoms with van der Waals surface area (Å²) in [5.41, 5.74) is 6.17. The average molecular weight is 385 g/mol. The molecule has 8 nitrogen and oxygen atoms in total. The molecule has 0 heterocycles. The van der Waals surface area contributed by atoms with E-state index in [0.717, 1.165) is 0 Å². The van der Waals surface area contributed by atoms with E-state index < -0.39 is 11.9 Å². The van der Waals surface area contributed by atoms with Gasteiger partial charge in [0, 0.05) is 24.3 Å². The minimum Gasteiger partial charge on any atom is -0.482 e. The molecule has 0 radical (unpaired) electrons. The summed E-state index contributed by atoms with van der Waals surface area (Å²) in [5, 5.41) is 2.79. The van der Waals surface area contributed by atoms with E-state index in [1.807, 2.05) is 13.8 Å². The highest BCUT2D eigenvalue weighted by molar-refractivity contribution is 5.93. The Bertz CT molecular complexity index is 832. The van der Waals surface area contributed by atoms with Crippen LogP contribution in [0.5, 0.6) is 11.5 Å². The number of esters is 1. The first-order chi connectivity index (χ1) is 13.3. The Kier molecular flexibility index (Phi) is 6.97. The number of primary amides is 1. The number of rotatable bonds is 7. The number of nitrogens with one attached hydrogen (secondary N) is 1. The van der Waals surface area contributed by atoms with Crippen molar-refractivity contribution in [1.29, 1.82) is 0 Å². The summed E-state index contributed by atoms with van der Waals surface area (Å²) < 4.78 is 10.5. The standard InChI is InChI=1S/C20H23N3O5/c1-13(2)22-20(26)23(3)15-6-10-17(11-7-15)28-18(24)12-27-16-8-4-14(5-9-16)19(21)25/h4-11,13H,12H2,1-3H3,(H2,21,25)(H,22,26). The maximum Gasteiger partial charge on any atom is 0.349 e. The summed E-state index contributed by atoms with van der Waals surface area (Å²) >= 11 is 0. The SMILES string of the molecule is CC(C)NC(=O)N(C)c1ccc(OC(=O)COc2ccc(C(N)=O)cc2)cc1. The van der Waals surface area contributed by atoms with E-state index in [1.54, 1.807) is 43.4 Å². The Morgan fingerprint density at radius 3 is 2.11 bits per heavy atom. The van der Waals surface area contributed by atoms with Crippen LogP contribution in [0.2, 0.25) is 0 Å². The molecule has 148 valence electrons. The number of amides is 3. The van der Waals surface area contributed by atoms with Crippen molar-refractivity contribution in [3.05, 3.63) is 54.1 Å². The van der Waals surface area contributed by atoms with Crippen LogP contribution in [-0.4, -0.2) is 37.6 Å². The lowest BCUT2D eigenvalue weighted by Gasteiger charge is -2.20. The fraction of sp³-hybridized carbons (Fsp3) is 0.250. The van der Waals surface area contributed by atoms with Gasteiger partial charge in [-0.2, -0.15) is 0 Å². The molecule has 0 fully saturated rings. The highest BCUT2D eigenvalue weighted by Gasteiger charge is 2.12. The first-order valence-corrected chi connectivity index (χ1v) is 8.64. The first-order valence-electron chi connectivity index (χ1n) is 8.64. The Balaban J connectivity index is 1.86. The zero-order chi connectivity index (χ0) is 20.7. The van der Waals surface area contributed by atoms with Gasteiger partial charge in [0.1, 0.15) is 11.5 Å². The van der Waals surface area contributed by atoms with E-state index in [9.17, 15) is 14.4 Å². The number of nitrogens with zero attached hydrogens (tertiary/aromatic N) is 1.